The Bertz CT molecular complexity index is 231. The van der Waals surface area contributed by atoms with Gasteiger partial charge in [-0.3, -0.25) is 0 Å². The van der Waals surface area contributed by atoms with Gasteiger partial charge in [0.05, 0.1) is 0 Å². The van der Waals surface area contributed by atoms with E-state index >= 15 is 0 Å². The molecule has 1 aromatic carbocycles. The standard InChI is InChI=1S/C10H14O3/c1-12-10(13-2)9(11)8-6-4-3-5-7-8/h3-7,9-11H,1-2H3/t9-/m1/s1. The van der Waals surface area contributed by atoms with Crippen molar-refractivity contribution >= 4 is 0 Å². The Hall–Kier alpha value is -0.900. The van der Waals surface area contributed by atoms with Crippen LogP contribution < -0.4 is 0 Å². The number of benzene rings is 1. The van der Waals surface area contributed by atoms with E-state index in [0.717, 1.165) is 5.56 Å². The van der Waals surface area contributed by atoms with Crippen LogP contribution >= 0.6 is 0 Å². The van der Waals surface area contributed by atoms with Crippen LogP contribution in [0.15, 0.2) is 30.3 Å². The normalized spacial score (nSPS) is 13.2. The van der Waals surface area contributed by atoms with Crippen molar-refractivity contribution in [3.63, 3.8) is 0 Å². The van der Waals surface area contributed by atoms with E-state index in [1.54, 1.807) is 0 Å². The summed E-state index contributed by atoms with van der Waals surface area (Å²) in [4.78, 5) is 0. The molecular formula is C10H14O3. The summed E-state index contributed by atoms with van der Waals surface area (Å²) in [5.74, 6) is 0. The second-order valence-electron chi connectivity index (χ2n) is 2.70. The lowest BCUT2D eigenvalue weighted by atomic mass is 10.1. The zero-order chi connectivity index (χ0) is 9.68. The molecule has 3 nitrogen and oxygen atoms in total. The molecule has 0 saturated carbocycles. The van der Waals surface area contributed by atoms with Crippen molar-refractivity contribution in [3.8, 4) is 0 Å². The van der Waals surface area contributed by atoms with E-state index in [0.29, 0.717) is 0 Å². The van der Waals surface area contributed by atoms with Gasteiger partial charge in [-0.05, 0) is 5.56 Å². The fourth-order valence-corrected chi connectivity index (χ4v) is 1.16. The summed E-state index contributed by atoms with van der Waals surface area (Å²) in [5.41, 5.74) is 0.788. The smallest absolute Gasteiger partial charge is 0.187 e. The lowest BCUT2D eigenvalue weighted by Gasteiger charge is -2.19. The minimum Gasteiger partial charge on any atom is -0.383 e. The molecule has 0 bridgehead atoms. The van der Waals surface area contributed by atoms with E-state index in [4.69, 9.17) is 9.47 Å². The molecule has 1 N–H and O–H groups in total. The van der Waals surface area contributed by atoms with E-state index in [1.807, 2.05) is 30.3 Å². The Morgan fingerprint density at radius 1 is 1.08 bits per heavy atom. The van der Waals surface area contributed by atoms with E-state index in [9.17, 15) is 5.11 Å². The number of aliphatic hydroxyl groups excluding tert-OH is 1. The highest BCUT2D eigenvalue weighted by Crippen LogP contribution is 2.18. The van der Waals surface area contributed by atoms with Gasteiger partial charge < -0.3 is 14.6 Å². The maximum absolute atomic E-state index is 9.73. The summed E-state index contributed by atoms with van der Waals surface area (Å²) >= 11 is 0. The maximum atomic E-state index is 9.73. The highest BCUT2D eigenvalue weighted by Gasteiger charge is 2.18. The van der Waals surface area contributed by atoms with Gasteiger partial charge in [-0.15, -0.1) is 0 Å². The summed E-state index contributed by atoms with van der Waals surface area (Å²) in [5, 5.41) is 9.73. The molecular weight excluding hydrogens is 168 g/mol. The number of hydrogen-bond acceptors (Lipinski definition) is 3. The van der Waals surface area contributed by atoms with Crippen molar-refractivity contribution in [1.82, 2.24) is 0 Å². The summed E-state index contributed by atoms with van der Waals surface area (Å²) < 4.78 is 9.89. The first-order valence-electron chi connectivity index (χ1n) is 4.08. The molecule has 0 aliphatic rings. The van der Waals surface area contributed by atoms with Gasteiger partial charge in [-0.25, -0.2) is 0 Å². The van der Waals surface area contributed by atoms with Crippen LogP contribution in [0.25, 0.3) is 0 Å². The van der Waals surface area contributed by atoms with E-state index in [-0.39, 0.29) is 0 Å². The van der Waals surface area contributed by atoms with Crippen molar-refractivity contribution in [2.75, 3.05) is 14.2 Å². The van der Waals surface area contributed by atoms with Gasteiger partial charge in [0, 0.05) is 14.2 Å². The fourth-order valence-electron chi connectivity index (χ4n) is 1.16. The Balaban J connectivity index is 2.72. The van der Waals surface area contributed by atoms with E-state index in [2.05, 4.69) is 0 Å². The second kappa shape index (κ2) is 4.97. The monoisotopic (exact) mass is 182 g/mol. The molecule has 0 amide bonds. The van der Waals surface area contributed by atoms with Gasteiger partial charge in [0.2, 0.25) is 0 Å². The highest BCUT2D eigenvalue weighted by molar-refractivity contribution is 5.17. The van der Waals surface area contributed by atoms with Gasteiger partial charge in [-0.1, -0.05) is 30.3 Å². The highest BCUT2D eigenvalue weighted by atomic mass is 16.7. The molecule has 0 spiro atoms. The molecule has 3 heteroatoms. The van der Waals surface area contributed by atoms with Crippen LogP contribution in [-0.4, -0.2) is 25.6 Å². The first kappa shape index (κ1) is 10.2. The van der Waals surface area contributed by atoms with Crippen LogP contribution in [0.2, 0.25) is 0 Å². The third-order valence-corrected chi connectivity index (χ3v) is 1.86. The molecule has 1 rings (SSSR count). The quantitative estimate of drug-likeness (QED) is 0.714. The maximum Gasteiger partial charge on any atom is 0.187 e. The Morgan fingerprint density at radius 2 is 1.62 bits per heavy atom. The number of ether oxygens (including phenoxy) is 2. The molecule has 1 atom stereocenters. The molecule has 0 aliphatic heterocycles. The Morgan fingerprint density at radius 3 is 2.08 bits per heavy atom. The van der Waals surface area contributed by atoms with Crippen molar-refractivity contribution < 1.29 is 14.6 Å². The van der Waals surface area contributed by atoms with Crippen LogP contribution in [0.1, 0.15) is 11.7 Å². The minimum absolute atomic E-state index is 0.609. The summed E-state index contributed by atoms with van der Waals surface area (Å²) in [6.07, 6.45) is -1.35. The SMILES string of the molecule is COC(OC)[C@H](O)c1ccccc1. The molecule has 0 unspecified atom stereocenters. The van der Waals surface area contributed by atoms with Crippen molar-refractivity contribution in [3.05, 3.63) is 35.9 Å². The second-order valence-corrected chi connectivity index (χ2v) is 2.70. The van der Waals surface area contributed by atoms with Gasteiger partial charge in [0.1, 0.15) is 6.10 Å². The molecule has 0 aliphatic carbocycles. The predicted octanol–water partition coefficient (Wildman–Crippen LogP) is 1.34. The molecule has 0 aromatic heterocycles. The van der Waals surface area contributed by atoms with E-state index in [1.165, 1.54) is 14.2 Å². The third kappa shape index (κ3) is 2.52. The van der Waals surface area contributed by atoms with Gasteiger partial charge in [0.15, 0.2) is 6.29 Å². The van der Waals surface area contributed by atoms with Crippen LogP contribution in [-0.2, 0) is 9.47 Å². The molecule has 72 valence electrons. The van der Waals surface area contributed by atoms with Gasteiger partial charge in [0.25, 0.3) is 0 Å². The number of hydrogen-bond donors (Lipinski definition) is 1. The predicted molar refractivity (Wildman–Crippen MR) is 49.2 cm³/mol. The lowest BCUT2D eigenvalue weighted by Crippen LogP contribution is -2.22. The lowest BCUT2D eigenvalue weighted by molar-refractivity contribution is -0.166. The summed E-state index contributed by atoms with van der Waals surface area (Å²) in [7, 11) is 3.00. The Kier molecular flexibility index (Phi) is 3.89. The summed E-state index contributed by atoms with van der Waals surface area (Å²) in [6, 6.07) is 9.28. The minimum atomic E-state index is -0.740. The average molecular weight is 182 g/mol. The molecule has 0 heterocycles. The first-order valence-corrected chi connectivity index (χ1v) is 4.08. The number of methoxy groups -OCH3 is 2. The van der Waals surface area contributed by atoms with E-state index < -0.39 is 12.4 Å². The zero-order valence-electron chi connectivity index (χ0n) is 7.81. The van der Waals surface area contributed by atoms with Crippen LogP contribution in [0, 0.1) is 0 Å². The van der Waals surface area contributed by atoms with Crippen LogP contribution in [0.5, 0.6) is 0 Å². The molecule has 13 heavy (non-hydrogen) atoms. The fraction of sp³-hybridized carbons (Fsp3) is 0.400. The van der Waals surface area contributed by atoms with Gasteiger partial charge in [-0.2, -0.15) is 0 Å². The number of aliphatic hydroxyl groups is 1. The molecule has 0 saturated heterocycles. The zero-order valence-corrected chi connectivity index (χ0v) is 7.81. The van der Waals surface area contributed by atoms with Gasteiger partial charge >= 0.3 is 0 Å². The Labute approximate surface area is 77.9 Å². The topological polar surface area (TPSA) is 38.7 Å². The van der Waals surface area contributed by atoms with Crippen molar-refractivity contribution in [2.24, 2.45) is 0 Å². The number of rotatable bonds is 4. The average Bonchev–Trinajstić information content (AvgIpc) is 2.21. The summed E-state index contributed by atoms with van der Waals surface area (Å²) in [6.45, 7) is 0. The largest absolute Gasteiger partial charge is 0.383 e. The van der Waals surface area contributed by atoms with Crippen molar-refractivity contribution in [1.29, 1.82) is 0 Å². The molecule has 1 aromatic rings. The van der Waals surface area contributed by atoms with Crippen LogP contribution in [0.4, 0.5) is 0 Å². The molecule has 0 fully saturated rings. The van der Waals surface area contributed by atoms with Crippen molar-refractivity contribution in [2.45, 2.75) is 12.4 Å². The van der Waals surface area contributed by atoms with Crippen LogP contribution in [0.3, 0.4) is 0 Å². The first-order chi connectivity index (χ1) is 6.29. The molecule has 0 radical (unpaired) electrons. The third-order valence-electron chi connectivity index (χ3n) is 1.86.